The van der Waals surface area contributed by atoms with E-state index in [9.17, 15) is 18.5 Å². The van der Waals surface area contributed by atoms with Gasteiger partial charge in [0.15, 0.2) is 11.6 Å². The van der Waals surface area contributed by atoms with E-state index in [4.69, 9.17) is 4.74 Å². The van der Waals surface area contributed by atoms with E-state index in [2.05, 4.69) is 20.0 Å². The van der Waals surface area contributed by atoms with Gasteiger partial charge >= 0.3 is 0 Å². The van der Waals surface area contributed by atoms with Gasteiger partial charge in [-0.05, 0) is 36.8 Å². The average molecular weight is 465 g/mol. The maximum atomic E-state index is 13.2. The van der Waals surface area contributed by atoms with Crippen LogP contribution in [0.2, 0.25) is 0 Å². The number of nitro groups is 1. The Kier molecular flexibility index (Phi) is 5.80. The molecule has 0 aliphatic carbocycles. The van der Waals surface area contributed by atoms with Crippen molar-refractivity contribution in [3.05, 3.63) is 82.4 Å². The molecule has 0 spiro atoms. The lowest BCUT2D eigenvalue weighted by atomic mass is 10.2. The molecule has 4 aromatic rings. The zero-order valence-electron chi connectivity index (χ0n) is 17.6. The summed E-state index contributed by atoms with van der Waals surface area (Å²) in [4.78, 5) is 19.2. The minimum atomic E-state index is -4.23. The number of aromatic nitrogens is 2. The highest BCUT2D eigenvalue weighted by Gasteiger charge is 2.23. The zero-order chi connectivity index (χ0) is 23.6. The van der Waals surface area contributed by atoms with E-state index in [0.29, 0.717) is 28.0 Å². The van der Waals surface area contributed by atoms with Crippen LogP contribution in [0.25, 0.3) is 11.0 Å². The molecule has 1 heterocycles. The molecule has 33 heavy (non-hydrogen) atoms. The fourth-order valence-electron chi connectivity index (χ4n) is 3.21. The molecule has 0 aliphatic heterocycles. The van der Waals surface area contributed by atoms with Gasteiger partial charge in [-0.25, -0.2) is 18.4 Å². The third-order valence-electron chi connectivity index (χ3n) is 4.83. The molecule has 0 aliphatic rings. The molecule has 4 rings (SSSR count). The zero-order valence-corrected chi connectivity index (χ0v) is 18.5. The number of benzene rings is 3. The molecule has 11 heteroatoms. The summed E-state index contributed by atoms with van der Waals surface area (Å²) in [5.74, 6) is 0.603. The van der Waals surface area contributed by atoms with Crippen LogP contribution < -0.4 is 14.8 Å². The first kappa shape index (κ1) is 22.0. The summed E-state index contributed by atoms with van der Waals surface area (Å²) in [7, 11) is -2.71. The Morgan fingerprint density at radius 2 is 1.58 bits per heavy atom. The van der Waals surface area contributed by atoms with Crippen LogP contribution in [0.5, 0.6) is 5.75 Å². The lowest BCUT2D eigenvalue weighted by molar-refractivity contribution is -0.385. The number of nitrogens with one attached hydrogen (secondary N) is 2. The maximum Gasteiger partial charge on any atom is 0.270 e. The molecule has 0 unspecified atom stereocenters. The van der Waals surface area contributed by atoms with Gasteiger partial charge in [-0.3, -0.25) is 14.8 Å². The number of hydrogen-bond donors (Lipinski definition) is 2. The average Bonchev–Trinajstić information content (AvgIpc) is 2.79. The number of non-ortho nitro benzene ring substituents is 1. The molecule has 3 aromatic carbocycles. The second-order valence-corrected chi connectivity index (χ2v) is 8.70. The number of fused-ring (bicyclic) bond motifs is 1. The van der Waals surface area contributed by atoms with Crippen LogP contribution in [0, 0.1) is 17.0 Å². The van der Waals surface area contributed by atoms with E-state index in [0.717, 1.165) is 6.07 Å². The lowest BCUT2D eigenvalue weighted by Gasteiger charge is -2.16. The van der Waals surface area contributed by atoms with Crippen molar-refractivity contribution in [2.45, 2.75) is 11.8 Å². The summed E-state index contributed by atoms with van der Waals surface area (Å²) in [6.45, 7) is 1.55. The van der Waals surface area contributed by atoms with E-state index in [1.165, 1.54) is 19.2 Å². The van der Waals surface area contributed by atoms with E-state index in [1.807, 2.05) is 0 Å². The summed E-state index contributed by atoms with van der Waals surface area (Å²) in [6.07, 6.45) is 0. The topological polar surface area (TPSA) is 136 Å². The molecule has 0 saturated heterocycles. The molecule has 2 N–H and O–H groups in total. The van der Waals surface area contributed by atoms with E-state index < -0.39 is 14.9 Å². The molecular weight excluding hydrogens is 446 g/mol. The quantitative estimate of drug-likeness (QED) is 0.303. The first-order chi connectivity index (χ1) is 15.8. The SMILES string of the molecule is COc1ccccc1Nc1nc2ccccc2nc1NS(=O)(=O)c1cc([N+](=O)[O-])ccc1C. The minimum absolute atomic E-state index is 0.0643. The predicted octanol–water partition coefficient (Wildman–Crippen LogP) is 4.40. The fourth-order valence-corrected chi connectivity index (χ4v) is 4.48. The van der Waals surface area contributed by atoms with Crippen LogP contribution in [0.4, 0.5) is 23.0 Å². The Balaban J connectivity index is 1.82. The van der Waals surface area contributed by atoms with Crippen LogP contribution in [-0.4, -0.2) is 30.4 Å². The molecule has 168 valence electrons. The number of ether oxygens (including phenoxy) is 1. The van der Waals surface area contributed by atoms with E-state index in [-0.39, 0.29) is 22.2 Å². The first-order valence-electron chi connectivity index (χ1n) is 9.73. The summed E-state index contributed by atoms with van der Waals surface area (Å²) in [5, 5.41) is 14.2. The van der Waals surface area contributed by atoms with Gasteiger partial charge < -0.3 is 10.1 Å². The largest absolute Gasteiger partial charge is 0.495 e. The van der Waals surface area contributed by atoms with E-state index in [1.54, 1.807) is 55.5 Å². The minimum Gasteiger partial charge on any atom is -0.495 e. The van der Waals surface area contributed by atoms with Gasteiger partial charge in [-0.1, -0.05) is 30.3 Å². The molecule has 0 atom stereocenters. The smallest absolute Gasteiger partial charge is 0.270 e. The molecule has 0 amide bonds. The first-order valence-corrected chi connectivity index (χ1v) is 11.2. The Morgan fingerprint density at radius 1 is 0.939 bits per heavy atom. The number of methoxy groups -OCH3 is 1. The van der Waals surface area contributed by atoms with Gasteiger partial charge in [0, 0.05) is 12.1 Å². The maximum absolute atomic E-state index is 13.2. The fraction of sp³-hybridized carbons (Fsp3) is 0.0909. The summed E-state index contributed by atoms with van der Waals surface area (Å²) < 4.78 is 34.2. The van der Waals surface area contributed by atoms with Crippen LogP contribution in [0.3, 0.4) is 0 Å². The number of rotatable bonds is 7. The molecule has 0 radical (unpaired) electrons. The number of hydrogen-bond acceptors (Lipinski definition) is 8. The van der Waals surface area contributed by atoms with Gasteiger partial charge in [-0.2, -0.15) is 0 Å². The molecule has 0 fully saturated rings. The Hall–Kier alpha value is -4.25. The third kappa shape index (κ3) is 4.53. The van der Waals surface area contributed by atoms with Crippen molar-refractivity contribution in [3.63, 3.8) is 0 Å². The summed E-state index contributed by atoms with van der Waals surface area (Å²) in [6, 6.07) is 17.7. The predicted molar refractivity (Wildman–Crippen MR) is 124 cm³/mol. The Morgan fingerprint density at radius 3 is 2.24 bits per heavy atom. The molecule has 1 aromatic heterocycles. The molecule has 10 nitrogen and oxygen atoms in total. The van der Waals surface area contributed by atoms with Gasteiger partial charge in [0.2, 0.25) is 0 Å². The van der Waals surface area contributed by atoms with Crippen LogP contribution >= 0.6 is 0 Å². The number of aryl methyl sites for hydroxylation is 1. The van der Waals surface area contributed by atoms with Crippen LogP contribution in [0.1, 0.15) is 5.56 Å². The second kappa shape index (κ2) is 8.71. The molecule has 0 bridgehead atoms. The second-order valence-electron chi connectivity index (χ2n) is 7.05. The van der Waals surface area contributed by atoms with Gasteiger partial charge in [0.1, 0.15) is 5.75 Å². The Labute approximate surface area is 189 Å². The highest BCUT2D eigenvalue weighted by atomic mass is 32.2. The van der Waals surface area contributed by atoms with Crippen molar-refractivity contribution in [2.24, 2.45) is 0 Å². The van der Waals surface area contributed by atoms with Crippen LogP contribution in [0.15, 0.2) is 71.6 Å². The third-order valence-corrected chi connectivity index (χ3v) is 6.31. The molecular formula is C22H19N5O5S. The van der Waals surface area contributed by atoms with Crippen molar-refractivity contribution in [2.75, 3.05) is 17.1 Å². The van der Waals surface area contributed by atoms with Gasteiger partial charge in [0.25, 0.3) is 15.7 Å². The van der Waals surface area contributed by atoms with E-state index >= 15 is 0 Å². The molecule has 0 saturated carbocycles. The summed E-state index contributed by atoms with van der Waals surface area (Å²) >= 11 is 0. The normalized spacial score (nSPS) is 11.2. The van der Waals surface area contributed by atoms with Crippen molar-refractivity contribution < 1.29 is 18.1 Å². The Bertz CT molecular complexity index is 1470. The number of anilines is 3. The van der Waals surface area contributed by atoms with Crippen molar-refractivity contribution in [1.82, 2.24) is 9.97 Å². The highest BCUT2D eigenvalue weighted by Crippen LogP contribution is 2.32. The number of sulfonamides is 1. The number of nitro benzene ring substituents is 1. The van der Waals surface area contributed by atoms with Gasteiger partial charge in [-0.15, -0.1) is 0 Å². The van der Waals surface area contributed by atoms with Gasteiger partial charge in [0.05, 0.1) is 33.6 Å². The van der Waals surface area contributed by atoms with Crippen LogP contribution in [-0.2, 0) is 10.0 Å². The standard InChI is InChI=1S/C22H19N5O5S/c1-14-11-12-15(27(28)29)13-20(14)33(30,31)26-22-21(23-16-7-3-4-8-17(16)24-22)25-18-9-5-6-10-19(18)32-2/h3-13H,1-2H3,(H,23,25)(H,24,26). The van der Waals surface area contributed by atoms with Crippen molar-refractivity contribution >= 4 is 44.1 Å². The number of para-hydroxylation sites is 4. The van der Waals surface area contributed by atoms with Crippen molar-refractivity contribution in [1.29, 1.82) is 0 Å². The highest BCUT2D eigenvalue weighted by molar-refractivity contribution is 7.92. The lowest BCUT2D eigenvalue weighted by Crippen LogP contribution is -2.17. The van der Waals surface area contributed by atoms with Crippen molar-refractivity contribution in [3.8, 4) is 5.75 Å². The monoisotopic (exact) mass is 465 g/mol. The number of nitrogens with zero attached hydrogens (tertiary/aromatic N) is 3. The summed E-state index contributed by atoms with van der Waals surface area (Å²) in [5.41, 5.74) is 1.58.